The summed E-state index contributed by atoms with van der Waals surface area (Å²) in [7, 11) is 0. The number of ether oxygens (including phenoxy) is 1. The van der Waals surface area contributed by atoms with Gasteiger partial charge in [-0.15, -0.1) is 0 Å². The summed E-state index contributed by atoms with van der Waals surface area (Å²) in [6.45, 7) is 0.779. The molecule has 1 aromatic heterocycles. The molecule has 1 saturated heterocycles. The van der Waals surface area contributed by atoms with Gasteiger partial charge in [0.2, 0.25) is 5.91 Å². The van der Waals surface area contributed by atoms with E-state index in [1.165, 1.54) is 0 Å². The first-order valence-corrected chi connectivity index (χ1v) is 5.67. The van der Waals surface area contributed by atoms with Gasteiger partial charge in [-0.05, 0) is 31.4 Å². The first kappa shape index (κ1) is 11.1. The zero-order valence-electron chi connectivity index (χ0n) is 9.19. The monoisotopic (exact) mass is 220 g/mol. The molecule has 0 aliphatic carbocycles. The van der Waals surface area contributed by atoms with Crippen LogP contribution in [0.25, 0.3) is 0 Å². The van der Waals surface area contributed by atoms with Crippen molar-refractivity contribution in [2.24, 2.45) is 0 Å². The van der Waals surface area contributed by atoms with Crippen molar-refractivity contribution in [2.75, 3.05) is 11.9 Å². The number of rotatable bonds is 3. The number of hydrogen-bond donors (Lipinski definition) is 1. The Bertz CT molecular complexity index is 334. The van der Waals surface area contributed by atoms with Gasteiger partial charge in [-0.2, -0.15) is 0 Å². The fourth-order valence-corrected chi connectivity index (χ4v) is 1.81. The molecule has 0 aromatic carbocycles. The summed E-state index contributed by atoms with van der Waals surface area (Å²) in [6.07, 6.45) is 5.41. The lowest BCUT2D eigenvalue weighted by atomic mass is 10.1. The number of hydrogen-bond acceptors (Lipinski definition) is 3. The van der Waals surface area contributed by atoms with Gasteiger partial charge >= 0.3 is 0 Å². The lowest BCUT2D eigenvalue weighted by molar-refractivity contribution is -0.119. The molecule has 4 nitrogen and oxygen atoms in total. The molecule has 0 spiro atoms. The highest BCUT2D eigenvalue weighted by Gasteiger charge is 2.17. The minimum Gasteiger partial charge on any atom is -0.378 e. The highest BCUT2D eigenvalue weighted by atomic mass is 16.5. The highest BCUT2D eigenvalue weighted by molar-refractivity contribution is 5.90. The fourth-order valence-electron chi connectivity index (χ4n) is 1.81. The van der Waals surface area contributed by atoms with Crippen LogP contribution in [0, 0.1) is 0 Å². The van der Waals surface area contributed by atoms with Gasteiger partial charge in [0.25, 0.3) is 0 Å². The van der Waals surface area contributed by atoms with Crippen molar-refractivity contribution in [1.82, 2.24) is 4.98 Å². The zero-order valence-corrected chi connectivity index (χ0v) is 9.19. The van der Waals surface area contributed by atoms with E-state index in [1.54, 1.807) is 12.3 Å². The summed E-state index contributed by atoms with van der Waals surface area (Å²) in [5.74, 6) is 0.578. The number of carbonyl (C=O) groups excluding carboxylic acids is 1. The molecule has 1 amide bonds. The van der Waals surface area contributed by atoms with Crippen LogP contribution in [0.15, 0.2) is 24.4 Å². The summed E-state index contributed by atoms with van der Waals surface area (Å²) in [5.41, 5.74) is 0. The van der Waals surface area contributed by atoms with Gasteiger partial charge < -0.3 is 10.1 Å². The average molecular weight is 220 g/mol. The van der Waals surface area contributed by atoms with Gasteiger partial charge in [-0.25, -0.2) is 4.98 Å². The van der Waals surface area contributed by atoms with Gasteiger partial charge in [-0.1, -0.05) is 6.07 Å². The third-order valence-corrected chi connectivity index (χ3v) is 2.62. The van der Waals surface area contributed by atoms with E-state index in [4.69, 9.17) is 4.74 Å². The number of nitrogens with zero attached hydrogens (tertiary/aromatic N) is 1. The quantitative estimate of drug-likeness (QED) is 0.847. The Kier molecular flexibility index (Phi) is 3.88. The second-order valence-corrected chi connectivity index (χ2v) is 3.96. The predicted molar refractivity (Wildman–Crippen MR) is 61.1 cm³/mol. The topological polar surface area (TPSA) is 51.2 Å². The number of carbonyl (C=O) groups is 1. The molecule has 1 atom stereocenters. The summed E-state index contributed by atoms with van der Waals surface area (Å²) in [5, 5.41) is 2.76. The Hall–Kier alpha value is -1.42. The molecule has 0 bridgehead atoms. The molecule has 2 rings (SSSR count). The van der Waals surface area contributed by atoms with Crippen LogP contribution in [0.3, 0.4) is 0 Å². The smallest absolute Gasteiger partial charge is 0.228 e. The number of nitrogens with one attached hydrogen (secondary N) is 1. The van der Waals surface area contributed by atoms with Crippen LogP contribution in [0.4, 0.5) is 5.82 Å². The van der Waals surface area contributed by atoms with E-state index < -0.39 is 0 Å². The minimum absolute atomic E-state index is 0.0226. The Morgan fingerprint density at radius 2 is 2.44 bits per heavy atom. The molecule has 1 aromatic rings. The molecule has 1 aliphatic heterocycles. The average Bonchev–Trinajstić information content (AvgIpc) is 2.31. The first-order chi connectivity index (χ1) is 7.84. The number of amides is 1. The van der Waals surface area contributed by atoms with Gasteiger partial charge in [0.1, 0.15) is 5.82 Å². The van der Waals surface area contributed by atoms with Gasteiger partial charge in [0.15, 0.2) is 0 Å². The van der Waals surface area contributed by atoms with Crippen molar-refractivity contribution in [3.63, 3.8) is 0 Å². The maximum atomic E-state index is 11.6. The normalized spacial score (nSPS) is 20.4. The number of aromatic nitrogens is 1. The van der Waals surface area contributed by atoms with Crippen molar-refractivity contribution in [1.29, 1.82) is 0 Å². The maximum Gasteiger partial charge on any atom is 0.228 e. The van der Waals surface area contributed by atoms with Crippen LogP contribution in [0.2, 0.25) is 0 Å². The van der Waals surface area contributed by atoms with Crippen LogP contribution >= 0.6 is 0 Å². The molecule has 2 heterocycles. The van der Waals surface area contributed by atoms with Crippen LogP contribution in [0.1, 0.15) is 25.7 Å². The molecular formula is C12H16N2O2. The molecular weight excluding hydrogens is 204 g/mol. The van der Waals surface area contributed by atoms with E-state index in [-0.39, 0.29) is 12.0 Å². The second-order valence-electron chi connectivity index (χ2n) is 3.96. The third-order valence-electron chi connectivity index (χ3n) is 2.62. The van der Waals surface area contributed by atoms with Crippen molar-refractivity contribution < 1.29 is 9.53 Å². The van der Waals surface area contributed by atoms with Crippen molar-refractivity contribution in [2.45, 2.75) is 31.8 Å². The van der Waals surface area contributed by atoms with Crippen molar-refractivity contribution >= 4 is 11.7 Å². The molecule has 1 N–H and O–H groups in total. The molecule has 86 valence electrons. The molecule has 1 unspecified atom stereocenters. The molecule has 0 radical (unpaired) electrons. The van der Waals surface area contributed by atoms with Crippen LogP contribution in [0.5, 0.6) is 0 Å². The third kappa shape index (κ3) is 3.31. The van der Waals surface area contributed by atoms with E-state index in [9.17, 15) is 4.79 Å². The lowest BCUT2D eigenvalue weighted by Crippen LogP contribution is -2.25. The van der Waals surface area contributed by atoms with Gasteiger partial charge in [0.05, 0.1) is 12.5 Å². The number of anilines is 1. The van der Waals surface area contributed by atoms with Crippen LogP contribution < -0.4 is 5.32 Å². The highest BCUT2D eigenvalue weighted by Crippen LogP contribution is 2.16. The molecule has 1 fully saturated rings. The Balaban J connectivity index is 1.80. The lowest BCUT2D eigenvalue weighted by Gasteiger charge is -2.21. The molecule has 16 heavy (non-hydrogen) atoms. The Morgan fingerprint density at radius 3 is 3.12 bits per heavy atom. The summed E-state index contributed by atoms with van der Waals surface area (Å²) in [4.78, 5) is 15.7. The maximum absolute atomic E-state index is 11.6. The standard InChI is InChI=1S/C12H16N2O2/c15-12(9-10-5-2-4-8-16-10)14-11-6-1-3-7-13-11/h1,3,6-7,10H,2,4-5,8-9H2,(H,13,14,15). The second kappa shape index (κ2) is 5.61. The molecule has 4 heteroatoms. The molecule has 0 saturated carbocycles. The van der Waals surface area contributed by atoms with E-state index in [1.807, 2.05) is 12.1 Å². The molecule has 1 aliphatic rings. The summed E-state index contributed by atoms with van der Waals surface area (Å²) < 4.78 is 5.51. The van der Waals surface area contributed by atoms with Crippen molar-refractivity contribution in [3.05, 3.63) is 24.4 Å². The van der Waals surface area contributed by atoms with Crippen molar-refractivity contribution in [3.8, 4) is 0 Å². The number of pyridine rings is 1. The van der Waals surface area contributed by atoms with E-state index in [0.717, 1.165) is 25.9 Å². The predicted octanol–water partition coefficient (Wildman–Crippen LogP) is 1.98. The largest absolute Gasteiger partial charge is 0.378 e. The zero-order chi connectivity index (χ0) is 11.2. The minimum atomic E-state index is -0.0226. The van der Waals surface area contributed by atoms with Crippen LogP contribution in [-0.2, 0) is 9.53 Å². The van der Waals surface area contributed by atoms with E-state index >= 15 is 0 Å². The summed E-state index contributed by atoms with van der Waals surface area (Å²) >= 11 is 0. The van der Waals surface area contributed by atoms with Crippen LogP contribution in [-0.4, -0.2) is 23.6 Å². The SMILES string of the molecule is O=C(CC1CCCCO1)Nc1ccccn1. The summed E-state index contributed by atoms with van der Waals surface area (Å²) in [6, 6.07) is 5.44. The first-order valence-electron chi connectivity index (χ1n) is 5.67. The Labute approximate surface area is 95.0 Å². The van der Waals surface area contributed by atoms with Gasteiger partial charge in [-0.3, -0.25) is 4.79 Å². The fraction of sp³-hybridized carbons (Fsp3) is 0.500. The van der Waals surface area contributed by atoms with E-state index in [0.29, 0.717) is 12.2 Å². The Morgan fingerprint density at radius 1 is 1.50 bits per heavy atom. The van der Waals surface area contributed by atoms with Gasteiger partial charge in [0, 0.05) is 12.8 Å². The van der Waals surface area contributed by atoms with E-state index in [2.05, 4.69) is 10.3 Å².